The molecule has 1 N–H and O–H groups in total. The number of hydrogen-bond acceptors (Lipinski definition) is 1. The van der Waals surface area contributed by atoms with Crippen LogP contribution in [-0.4, -0.2) is 41.6 Å². The van der Waals surface area contributed by atoms with Crippen LogP contribution in [0, 0.1) is 10.8 Å². The number of aliphatic hydroxyl groups excluding tert-OH is 1. The smallest absolute Gasteiger partial charge is 0.396 e. The molecule has 0 radical (unpaired) electrons. The molecule has 0 heterocycles. The van der Waals surface area contributed by atoms with Crippen molar-refractivity contribution >= 4 is 0 Å². The van der Waals surface area contributed by atoms with Gasteiger partial charge in [-0.05, 0) is 12.8 Å². The SMILES string of the molecule is CCC(C)(CCO)C(F)(F)CC(C)(C)C(F)(F)C(F)(F)C(F)(F)C(F)(F)F. The van der Waals surface area contributed by atoms with Crippen LogP contribution in [0.3, 0.4) is 0 Å². The van der Waals surface area contributed by atoms with E-state index in [1.807, 2.05) is 0 Å². The Kier molecular flexibility index (Phi) is 7.00. The summed E-state index contributed by atoms with van der Waals surface area (Å²) in [5.74, 6) is -24.4. The highest BCUT2D eigenvalue weighted by molar-refractivity contribution is 5.08. The third-order valence-corrected chi connectivity index (χ3v) is 4.99. The highest BCUT2D eigenvalue weighted by Gasteiger charge is 2.84. The first-order valence-corrected chi connectivity index (χ1v) is 7.77. The predicted molar refractivity (Wildman–Crippen MR) is 74.3 cm³/mol. The second-order valence-corrected chi connectivity index (χ2v) is 7.37. The standard InChI is InChI=1S/C15H21F11O/c1-5-10(4,6-7-27)11(16,17)8-9(2,3)12(18,19)13(20,21)14(22,23)15(24,25)26/h27H,5-8H2,1-4H3. The van der Waals surface area contributed by atoms with Crippen molar-refractivity contribution in [3.05, 3.63) is 0 Å². The zero-order valence-corrected chi connectivity index (χ0v) is 14.9. The number of rotatable bonds is 9. The number of alkyl halides is 11. The third kappa shape index (κ3) is 4.14. The molecule has 0 fully saturated rings. The molecule has 0 aromatic heterocycles. The molecule has 164 valence electrons. The first-order chi connectivity index (χ1) is 11.6. The van der Waals surface area contributed by atoms with Crippen molar-refractivity contribution in [3.63, 3.8) is 0 Å². The molecule has 0 spiro atoms. The van der Waals surface area contributed by atoms with Crippen LogP contribution in [-0.2, 0) is 0 Å². The van der Waals surface area contributed by atoms with Crippen LogP contribution in [0.1, 0.15) is 47.0 Å². The minimum absolute atomic E-state index is 0.0658. The molecule has 0 rings (SSSR count). The van der Waals surface area contributed by atoms with Gasteiger partial charge in [-0.2, -0.15) is 39.5 Å². The van der Waals surface area contributed by atoms with E-state index in [9.17, 15) is 48.3 Å². The van der Waals surface area contributed by atoms with E-state index >= 15 is 0 Å². The minimum atomic E-state index is -7.14. The van der Waals surface area contributed by atoms with Crippen molar-refractivity contribution in [1.82, 2.24) is 0 Å². The predicted octanol–water partition coefficient (Wildman–Crippen LogP) is 6.30. The van der Waals surface area contributed by atoms with Crippen molar-refractivity contribution in [2.45, 2.75) is 76.8 Å². The summed E-state index contributed by atoms with van der Waals surface area (Å²) in [4.78, 5) is 0. The molecule has 12 heteroatoms. The Morgan fingerprint density at radius 3 is 1.37 bits per heavy atom. The molecule has 0 aliphatic heterocycles. The van der Waals surface area contributed by atoms with Gasteiger partial charge < -0.3 is 5.11 Å². The molecule has 0 amide bonds. The fourth-order valence-electron chi connectivity index (χ4n) is 2.54. The van der Waals surface area contributed by atoms with Gasteiger partial charge in [0.25, 0.3) is 5.92 Å². The van der Waals surface area contributed by atoms with Gasteiger partial charge in [0, 0.05) is 23.9 Å². The van der Waals surface area contributed by atoms with Gasteiger partial charge in [-0.3, -0.25) is 0 Å². The molecular formula is C15H21F11O. The number of hydrogen-bond donors (Lipinski definition) is 1. The second kappa shape index (κ2) is 7.22. The maximum atomic E-state index is 14.5. The van der Waals surface area contributed by atoms with Gasteiger partial charge >= 0.3 is 23.9 Å². The second-order valence-electron chi connectivity index (χ2n) is 7.37. The third-order valence-electron chi connectivity index (χ3n) is 4.99. The number of halogens is 11. The molecule has 0 aromatic carbocycles. The van der Waals surface area contributed by atoms with Crippen molar-refractivity contribution in [2.24, 2.45) is 10.8 Å². The molecule has 0 saturated heterocycles. The van der Waals surface area contributed by atoms with Crippen LogP contribution in [0.4, 0.5) is 48.3 Å². The molecule has 27 heavy (non-hydrogen) atoms. The van der Waals surface area contributed by atoms with Gasteiger partial charge in [0.05, 0.1) is 0 Å². The highest BCUT2D eigenvalue weighted by atomic mass is 19.4. The van der Waals surface area contributed by atoms with E-state index in [0.717, 1.165) is 6.92 Å². The van der Waals surface area contributed by atoms with E-state index < -0.39 is 66.6 Å². The average molecular weight is 426 g/mol. The minimum Gasteiger partial charge on any atom is -0.396 e. The fourth-order valence-corrected chi connectivity index (χ4v) is 2.54. The van der Waals surface area contributed by atoms with Crippen molar-refractivity contribution in [3.8, 4) is 0 Å². The van der Waals surface area contributed by atoms with Crippen LogP contribution in [0.2, 0.25) is 0 Å². The van der Waals surface area contributed by atoms with Crippen LogP contribution >= 0.6 is 0 Å². The fraction of sp³-hybridized carbons (Fsp3) is 1.00. The van der Waals surface area contributed by atoms with Crippen LogP contribution in [0.15, 0.2) is 0 Å². The lowest BCUT2D eigenvalue weighted by Crippen LogP contribution is -2.66. The first kappa shape index (κ1) is 26.2. The lowest BCUT2D eigenvalue weighted by molar-refractivity contribution is -0.412. The van der Waals surface area contributed by atoms with Gasteiger partial charge in [-0.1, -0.05) is 27.7 Å². The summed E-state index contributed by atoms with van der Waals surface area (Å²) >= 11 is 0. The van der Waals surface area contributed by atoms with Gasteiger partial charge in [0.1, 0.15) is 0 Å². The van der Waals surface area contributed by atoms with E-state index in [0.29, 0.717) is 0 Å². The van der Waals surface area contributed by atoms with Gasteiger partial charge in [-0.25, -0.2) is 8.78 Å². The van der Waals surface area contributed by atoms with Gasteiger partial charge in [0.2, 0.25) is 0 Å². The van der Waals surface area contributed by atoms with Crippen LogP contribution < -0.4 is 0 Å². The molecule has 1 unspecified atom stereocenters. The van der Waals surface area contributed by atoms with Crippen molar-refractivity contribution in [2.75, 3.05) is 6.61 Å². The maximum absolute atomic E-state index is 14.5. The zero-order valence-electron chi connectivity index (χ0n) is 14.9. The Hall–Kier alpha value is -0.810. The van der Waals surface area contributed by atoms with E-state index in [-0.39, 0.29) is 13.8 Å². The zero-order chi connectivity index (χ0) is 22.3. The summed E-state index contributed by atoms with van der Waals surface area (Å²) in [7, 11) is 0. The number of aliphatic hydroxyl groups is 1. The van der Waals surface area contributed by atoms with Crippen LogP contribution in [0.25, 0.3) is 0 Å². The van der Waals surface area contributed by atoms with Crippen LogP contribution in [0.5, 0.6) is 0 Å². The molecule has 0 aromatic rings. The van der Waals surface area contributed by atoms with Crippen molar-refractivity contribution in [1.29, 1.82) is 0 Å². The summed E-state index contributed by atoms with van der Waals surface area (Å²) in [5.41, 5.74) is -5.82. The van der Waals surface area contributed by atoms with E-state index in [1.54, 1.807) is 0 Å². The van der Waals surface area contributed by atoms with E-state index in [4.69, 9.17) is 5.11 Å². The molecule has 1 nitrogen and oxygen atoms in total. The lowest BCUT2D eigenvalue weighted by Gasteiger charge is -2.46. The summed E-state index contributed by atoms with van der Waals surface area (Å²) in [5, 5.41) is 8.85. The highest BCUT2D eigenvalue weighted by Crippen LogP contribution is 2.61. The molecular weight excluding hydrogens is 405 g/mol. The first-order valence-electron chi connectivity index (χ1n) is 7.77. The molecule has 0 bridgehead atoms. The van der Waals surface area contributed by atoms with E-state index in [2.05, 4.69) is 0 Å². The molecule has 0 aliphatic carbocycles. The Bertz CT molecular complexity index is 510. The topological polar surface area (TPSA) is 20.2 Å². The summed E-state index contributed by atoms with van der Waals surface area (Å²) in [6.45, 7) is 1.38. The summed E-state index contributed by atoms with van der Waals surface area (Å²) < 4.78 is 147. The summed E-state index contributed by atoms with van der Waals surface area (Å²) in [6, 6.07) is 0. The van der Waals surface area contributed by atoms with Gasteiger partial charge in [0.15, 0.2) is 0 Å². The maximum Gasteiger partial charge on any atom is 0.460 e. The van der Waals surface area contributed by atoms with Crippen molar-refractivity contribution < 1.29 is 53.4 Å². The Morgan fingerprint density at radius 2 is 1.07 bits per heavy atom. The Balaban J connectivity index is 6.13. The van der Waals surface area contributed by atoms with E-state index in [1.165, 1.54) is 6.92 Å². The summed E-state index contributed by atoms with van der Waals surface area (Å²) in [6.07, 6.45) is -10.2. The quantitative estimate of drug-likeness (QED) is 0.429. The Morgan fingerprint density at radius 1 is 0.667 bits per heavy atom. The normalized spacial score (nSPS) is 17.8. The lowest BCUT2D eigenvalue weighted by atomic mass is 9.68. The molecule has 0 saturated carbocycles. The monoisotopic (exact) mass is 426 g/mol. The van der Waals surface area contributed by atoms with Gasteiger partial charge in [-0.15, -0.1) is 0 Å². The Labute approximate surface area is 148 Å². The molecule has 1 atom stereocenters. The largest absolute Gasteiger partial charge is 0.460 e. The average Bonchev–Trinajstić information content (AvgIpc) is 2.44. The molecule has 0 aliphatic rings.